The van der Waals surface area contributed by atoms with Crippen molar-refractivity contribution in [2.45, 2.75) is 13.0 Å². The molecule has 1 aromatic carbocycles. The summed E-state index contributed by atoms with van der Waals surface area (Å²) in [6, 6.07) is 6.55. The molecule has 150 valence electrons. The highest BCUT2D eigenvalue weighted by Crippen LogP contribution is 2.27. The van der Waals surface area contributed by atoms with E-state index in [1.807, 2.05) is 17.1 Å². The van der Waals surface area contributed by atoms with Gasteiger partial charge in [-0.1, -0.05) is 6.07 Å². The summed E-state index contributed by atoms with van der Waals surface area (Å²) in [6.45, 7) is -0.539. The number of ether oxygens (including phenoxy) is 3. The Kier molecular flexibility index (Phi) is 7.37. The van der Waals surface area contributed by atoms with E-state index in [2.05, 4.69) is 5.32 Å². The van der Waals surface area contributed by atoms with Gasteiger partial charge in [0.15, 0.2) is 18.1 Å². The van der Waals surface area contributed by atoms with Crippen LogP contribution in [0.1, 0.15) is 5.56 Å². The Balaban J connectivity index is 1.74. The second-order valence-corrected chi connectivity index (χ2v) is 5.69. The van der Waals surface area contributed by atoms with E-state index in [0.29, 0.717) is 24.5 Å². The van der Waals surface area contributed by atoms with E-state index < -0.39 is 36.3 Å². The SMILES string of the molecule is COc1ccc(CCNC(=O)COC(=O)Cn2ccc(=O)[nH]c2=O)cc1OC. The summed E-state index contributed by atoms with van der Waals surface area (Å²) in [7, 11) is 3.09. The van der Waals surface area contributed by atoms with Gasteiger partial charge in [0.1, 0.15) is 6.54 Å². The van der Waals surface area contributed by atoms with Gasteiger partial charge < -0.3 is 19.5 Å². The molecule has 0 unspecified atom stereocenters. The van der Waals surface area contributed by atoms with E-state index in [-0.39, 0.29) is 0 Å². The van der Waals surface area contributed by atoms with Crippen LogP contribution < -0.4 is 26.0 Å². The summed E-state index contributed by atoms with van der Waals surface area (Å²) in [5.41, 5.74) is -0.361. The first-order valence-corrected chi connectivity index (χ1v) is 8.36. The molecule has 0 saturated carbocycles. The predicted octanol–water partition coefficient (Wildman–Crippen LogP) is -0.544. The van der Waals surface area contributed by atoms with Crippen molar-refractivity contribution in [3.8, 4) is 11.5 Å². The zero-order valence-electron chi connectivity index (χ0n) is 15.5. The summed E-state index contributed by atoms with van der Waals surface area (Å²) < 4.78 is 16.2. The molecule has 2 N–H and O–H groups in total. The number of benzene rings is 1. The van der Waals surface area contributed by atoms with Crippen molar-refractivity contribution < 1.29 is 23.8 Å². The molecule has 1 heterocycles. The van der Waals surface area contributed by atoms with Crippen molar-refractivity contribution in [1.82, 2.24) is 14.9 Å². The average Bonchev–Trinajstić information content (AvgIpc) is 2.68. The topological polar surface area (TPSA) is 129 Å². The monoisotopic (exact) mass is 391 g/mol. The molecule has 1 amide bonds. The number of carbonyl (C=O) groups excluding carboxylic acids is 2. The molecule has 0 bridgehead atoms. The number of H-pyrrole nitrogens is 1. The van der Waals surface area contributed by atoms with Crippen LogP contribution in [0.2, 0.25) is 0 Å². The fraction of sp³-hybridized carbons (Fsp3) is 0.333. The minimum absolute atomic E-state index is 0.339. The number of hydrogen-bond donors (Lipinski definition) is 2. The van der Waals surface area contributed by atoms with Crippen molar-refractivity contribution in [1.29, 1.82) is 0 Å². The van der Waals surface area contributed by atoms with Crippen LogP contribution >= 0.6 is 0 Å². The van der Waals surface area contributed by atoms with E-state index in [1.165, 1.54) is 6.20 Å². The summed E-state index contributed by atoms with van der Waals surface area (Å²) >= 11 is 0. The highest BCUT2D eigenvalue weighted by Gasteiger charge is 2.10. The summed E-state index contributed by atoms with van der Waals surface area (Å²) in [4.78, 5) is 47.9. The minimum atomic E-state index is -0.774. The van der Waals surface area contributed by atoms with Crippen molar-refractivity contribution in [2.75, 3.05) is 27.4 Å². The first kappa shape index (κ1) is 20.7. The van der Waals surface area contributed by atoms with Gasteiger partial charge in [-0.2, -0.15) is 0 Å². The third kappa shape index (κ3) is 6.01. The second-order valence-electron chi connectivity index (χ2n) is 5.69. The molecular weight excluding hydrogens is 370 g/mol. The molecule has 2 rings (SSSR count). The lowest BCUT2D eigenvalue weighted by molar-refractivity contribution is -0.149. The van der Waals surface area contributed by atoms with Gasteiger partial charge in [-0.05, 0) is 24.1 Å². The quantitative estimate of drug-likeness (QED) is 0.549. The lowest BCUT2D eigenvalue weighted by atomic mass is 10.1. The van der Waals surface area contributed by atoms with Crippen molar-refractivity contribution >= 4 is 11.9 Å². The number of aromatic amines is 1. The number of methoxy groups -OCH3 is 2. The van der Waals surface area contributed by atoms with Crippen LogP contribution in [0.5, 0.6) is 11.5 Å². The molecule has 10 heteroatoms. The Morgan fingerprint density at radius 2 is 1.86 bits per heavy atom. The second kappa shape index (κ2) is 9.95. The fourth-order valence-electron chi connectivity index (χ4n) is 2.33. The maximum atomic E-state index is 11.8. The number of nitrogens with one attached hydrogen (secondary N) is 2. The Bertz CT molecular complexity index is 949. The van der Waals surface area contributed by atoms with E-state index in [1.54, 1.807) is 20.3 Å². The number of rotatable bonds is 9. The van der Waals surface area contributed by atoms with Gasteiger partial charge in [-0.15, -0.1) is 0 Å². The third-order valence-electron chi connectivity index (χ3n) is 3.74. The van der Waals surface area contributed by atoms with Crippen LogP contribution in [-0.4, -0.2) is 48.8 Å². The highest BCUT2D eigenvalue weighted by atomic mass is 16.5. The molecule has 0 aliphatic carbocycles. The molecule has 0 atom stereocenters. The lowest BCUT2D eigenvalue weighted by Gasteiger charge is -2.10. The maximum absolute atomic E-state index is 11.8. The average molecular weight is 391 g/mol. The summed E-state index contributed by atoms with van der Waals surface area (Å²) in [6.07, 6.45) is 1.72. The number of amides is 1. The van der Waals surface area contributed by atoms with Gasteiger partial charge >= 0.3 is 11.7 Å². The molecule has 0 radical (unpaired) electrons. The van der Waals surface area contributed by atoms with Crippen LogP contribution in [0.25, 0.3) is 0 Å². The Hall–Kier alpha value is -3.56. The van der Waals surface area contributed by atoms with Crippen LogP contribution in [0.15, 0.2) is 40.1 Å². The zero-order chi connectivity index (χ0) is 20.5. The lowest BCUT2D eigenvalue weighted by Crippen LogP contribution is -2.34. The van der Waals surface area contributed by atoms with Crippen molar-refractivity contribution in [3.63, 3.8) is 0 Å². The zero-order valence-corrected chi connectivity index (χ0v) is 15.5. The molecule has 0 fully saturated rings. The van der Waals surface area contributed by atoms with Crippen molar-refractivity contribution in [2.24, 2.45) is 0 Å². The first-order chi connectivity index (χ1) is 13.4. The van der Waals surface area contributed by atoms with E-state index in [4.69, 9.17) is 14.2 Å². The number of aromatic nitrogens is 2. The Morgan fingerprint density at radius 1 is 1.11 bits per heavy atom. The molecule has 1 aromatic heterocycles. The molecule has 0 spiro atoms. The number of carbonyl (C=O) groups is 2. The molecule has 0 aliphatic rings. The van der Waals surface area contributed by atoms with Crippen LogP contribution in [0.3, 0.4) is 0 Å². The summed E-state index contributed by atoms with van der Waals surface area (Å²) in [5, 5.41) is 2.63. The van der Waals surface area contributed by atoms with Gasteiger partial charge in [-0.25, -0.2) is 4.79 Å². The molecular formula is C18H21N3O7. The molecule has 2 aromatic rings. The van der Waals surface area contributed by atoms with Crippen LogP contribution in [0, 0.1) is 0 Å². The molecule has 0 saturated heterocycles. The Morgan fingerprint density at radius 3 is 2.54 bits per heavy atom. The molecule has 28 heavy (non-hydrogen) atoms. The smallest absolute Gasteiger partial charge is 0.328 e. The van der Waals surface area contributed by atoms with Crippen LogP contribution in [-0.2, 0) is 27.3 Å². The minimum Gasteiger partial charge on any atom is -0.493 e. The fourth-order valence-corrected chi connectivity index (χ4v) is 2.33. The summed E-state index contributed by atoms with van der Waals surface area (Å²) in [5.74, 6) is -0.0339. The number of nitrogens with zero attached hydrogens (tertiary/aromatic N) is 1. The largest absolute Gasteiger partial charge is 0.493 e. The molecule has 0 aliphatic heterocycles. The third-order valence-corrected chi connectivity index (χ3v) is 3.74. The highest BCUT2D eigenvalue weighted by molar-refractivity contribution is 5.80. The van der Waals surface area contributed by atoms with Gasteiger partial charge in [0.25, 0.3) is 11.5 Å². The van der Waals surface area contributed by atoms with Gasteiger partial charge in [0.05, 0.1) is 14.2 Å². The van der Waals surface area contributed by atoms with E-state index in [0.717, 1.165) is 16.2 Å². The van der Waals surface area contributed by atoms with Gasteiger partial charge in [0.2, 0.25) is 0 Å². The van der Waals surface area contributed by atoms with Crippen LogP contribution in [0.4, 0.5) is 0 Å². The maximum Gasteiger partial charge on any atom is 0.328 e. The first-order valence-electron chi connectivity index (χ1n) is 8.36. The predicted molar refractivity (Wildman–Crippen MR) is 98.5 cm³/mol. The number of esters is 1. The van der Waals surface area contributed by atoms with E-state index in [9.17, 15) is 19.2 Å². The van der Waals surface area contributed by atoms with Gasteiger partial charge in [0, 0.05) is 18.8 Å². The standard InChI is InChI=1S/C18H21N3O7/c1-26-13-4-3-12(9-14(13)27-2)5-7-19-16(23)11-28-17(24)10-21-8-6-15(22)20-18(21)25/h3-4,6,8-9H,5,7,10-11H2,1-2H3,(H,19,23)(H,20,22,25). The van der Waals surface area contributed by atoms with Gasteiger partial charge in [-0.3, -0.25) is 23.9 Å². The number of hydrogen-bond acceptors (Lipinski definition) is 7. The van der Waals surface area contributed by atoms with Crippen molar-refractivity contribution in [3.05, 3.63) is 56.9 Å². The normalized spacial score (nSPS) is 10.2. The molecule has 10 nitrogen and oxygen atoms in total. The van der Waals surface area contributed by atoms with E-state index >= 15 is 0 Å². The Labute approximate surface area is 160 Å².